The lowest BCUT2D eigenvalue weighted by atomic mass is 10.0. The zero-order valence-electron chi connectivity index (χ0n) is 12.7. The number of carbonyl (C=O) groups is 1. The Kier molecular flexibility index (Phi) is 5.37. The van der Waals surface area contributed by atoms with Gasteiger partial charge in [-0.05, 0) is 40.0 Å². The molecule has 1 saturated heterocycles. The first kappa shape index (κ1) is 16.4. The average molecular weight is 330 g/mol. The van der Waals surface area contributed by atoms with Crippen LogP contribution >= 0.6 is 11.3 Å². The molecule has 0 saturated carbocycles. The first-order valence-corrected chi connectivity index (χ1v) is 9.34. The SMILES string of the molecule is CC(C)(C)OC(=O)N1CCCC[C@H]1C[S@@](=O)c1nccs1. The largest absolute Gasteiger partial charge is 0.444 e. The number of rotatable bonds is 3. The molecule has 0 radical (unpaired) electrons. The van der Waals surface area contributed by atoms with Gasteiger partial charge in [-0.15, -0.1) is 11.3 Å². The van der Waals surface area contributed by atoms with Gasteiger partial charge < -0.3 is 9.64 Å². The molecule has 1 aliphatic rings. The zero-order chi connectivity index (χ0) is 15.5. The first-order chi connectivity index (χ1) is 9.87. The summed E-state index contributed by atoms with van der Waals surface area (Å²) in [4.78, 5) is 18.1. The average Bonchev–Trinajstić information content (AvgIpc) is 2.91. The van der Waals surface area contributed by atoms with Crippen molar-refractivity contribution >= 4 is 28.2 Å². The van der Waals surface area contributed by atoms with Gasteiger partial charge in [0.15, 0.2) is 4.34 Å². The molecule has 5 nitrogen and oxygen atoms in total. The van der Waals surface area contributed by atoms with E-state index in [4.69, 9.17) is 4.74 Å². The number of aromatic nitrogens is 1. The van der Waals surface area contributed by atoms with E-state index < -0.39 is 16.4 Å². The molecule has 1 aromatic rings. The third kappa shape index (κ3) is 4.78. The normalized spacial score (nSPS) is 21.1. The van der Waals surface area contributed by atoms with Gasteiger partial charge in [0, 0.05) is 24.2 Å². The van der Waals surface area contributed by atoms with Crippen molar-refractivity contribution in [1.82, 2.24) is 9.88 Å². The van der Waals surface area contributed by atoms with Gasteiger partial charge in [0.2, 0.25) is 0 Å². The molecule has 1 amide bonds. The molecule has 118 valence electrons. The Hall–Kier alpha value is -0.950. The van der Waals surface area contributed by atoms with Gasteiger partial charge in [-0.1, -0.05) is 0 Å². The van der Waals surface area contributed by atoms with Crippen molar-refractivity contribution < 1.29 is 13.7 Å². The maximum Gasteiger partial charge on any atom is 0.410 e. The molecule has 2 atom stereocenters. The van der Waals surface area contributed by atoms with Gasteiger partial charge in [-0.3, -0.25) is 4.21 Å². The zero-order valence-corrected chi connectivity index (χ0v) is 14.3. The molecular weight excluding hydrogens is 308 g/mol. The van der Waals surface area contributed by atoms with E-state index >= 15 is 0 Å². The van der Waals surface area contributed by atoms with Gasteiger partial charge in [0.05, 0.1) is 16.6 Å². The van der Waals surface area contributed by atoms with Gasteiger partial charge in [-0.2, -0.15) is 0 Å². The molecule has 7 heteroatoms. The van der Waals surface area contributed by atoms with E-state index in [-0.39, 0.29) is 12.1 Å². The van der Waals surface area contributed by atoms with Crippen LogP contribution < -0.4 is 0 Å². The van der Waals surface area contributed by atoms with Crippen molar-refractivity contribution in [3.63, 3.8) is 0 Å². The van der Waals surface area contributed by atoms with Crippen LogP contribution in [-0.2, 0) is 15.5 Å². The quantitative estimate of drug-likeness (QED) is 0.855. The number of likely N-dealkylation sites (tertiary alicyclic amines) is 1. The van der Waals surface area contributed by atoms with Crippen molar-refractivity contribution in [2.24, 2.45) is 0 Å². The summed E-state index contributed by atoms with van der Waals surface area (Å²) in [6.07, 6.45) is 4.25. The number of thiazole rings is 1. The van der Waals surface area contributed by atoms with E-state index in [0.717, 1.165) is 19.3 Å². The first-order valence-electron chi connectivity index (χ1n) is 7.14. The minimum Gasteiger partial charge on any atom is -0.444 e. The van der Waals surface area contributed by atoms with Crippen LogP contribution in [0.4, 0.5) is 4.79 Å². The Labute approximate surface area is 132 Å². The highest BCUT2D eigenvalue weighted by Crippen LogP contribution is 2.23. The minimum absolute atomic E-state index is 0.0293. The molecule has 21 heavy (non-hydrogen) atoms. The van der Waals surface area contributed by atoms with Crippen molar-refractivity contribution in [3.8, 4) is 0 Å². The molecule has 0 aromatic carbocycles. The Morgan fingerprint density at radius 2 is 2.29 bits per heavy atom. The van der Waals surface area contributed by atoms with Crippen LogP contribution in [0.1, 0.15) is 40.0 Å². The van der Waals surface area contributed by atoms with Crippen LogP contribution in [0, 0.1) is 0 Å². The predicted molar refractivity (Wildman–Crippen MR) is 84.0 cm³/mol. The highest BCUT2D eigenvalue weighted by atomic mass is 32.2. The van der Waals surface area contributed by atoms with E-state index in [1.165, 1.54) is 11.3 Å². The predicted octanol–water partition coefficient (Wildman–Crippen LogP) is 3.04. The monoisotopic (exact) mass is 330 g/mol. The molecule has 0 bridgehead atoms. The number of piperidine rings is 1. The number of amides is 1. The van der Waals surface area contributed by atoms with E-state index in [1.807, 2.05) is 26.2 Å². The lowest BCUT2D eigenvalue weighted by Gasteiger charge is -2.36. The van der Waals surface area contributed by atoms with E-state index in [0.29, 0.717) is 16.6 Å². The Balaban J connectivity index is 2.02. The second kappa shape index (κ2) is 6.87. The summed E-state index contributed by atoms with van der Waals surface area (Å²) in [6.45, 7) is 6.25. The summed E-state index contributed by atoms with van der Waals surface area (Å²) in [6, 6.07) is -0.0293. The summed E-state index contributed by atoms with van der Waals surface area (Å²) in [5.74, 6) is 0.437. The highest BCUT2D eigenvalue weighted by Gasteiger charge is 2.32. The Morgan fingerprint density at radius 3 is 2.90 bits per heavy atom. The molecule has 2 heterocycles. The standard InChI is InChI=1S/C14H22N2O3S2/c1-14(2,3)19-13(17)16-8-5-4-6-11(16)10-21(18)12-15-7-9-20-12/h7,9,11H,4-6,8,10H2,1-3H3/t11-,21+/m0/s1. The summed E-state index contributed by atoms with van der Waals surface area (Å²) < 4.78 is 18.4. The third-order valence-corrected chi connectivity index (χ3v) is 5.80. The van der Waals surface area contributed by atoms with Crippen LogP contribution in [0.3, 0.4) is 0 Å². The second-order valence-corrected chi connectivity index (χ2v) is 8.70. The van der Waals surface area contributed by atoms with Gasteiger partial charge in [-0.25, -0.2) is 9.78 Å². The summed E-state index contributed by atoms with van der Waals surface area (Å²) in [5, 5.41) is 1.82. The van der Waals surface area contributed by atoms with Crippen molar-refractivity contribution in [1.29, 1.82) is 0 Å². The van der Waals surface area contributed by atoms with Crippen LogP contribution in [0.2, 0.25) is 0 Å². The molecule has 0 unspecified atom stereocenters. The lowest BCUT2D eigenvalue weighted by molar-refractivity contribution is 0.0125. The molecule has 0 aliphatic carbocycles. The molecule has 1 fully saturated rings. The van der Waals surface area contributed by atoms with Crippen LogP contribution in [-0.4, -0.2) is 44.1 Å². The van der Waals surface area contributed by atoms with Crippen molar-refractivity contribution in [3.05, 3.63) is 11.6 Å². The maximum atomic E-state index is 12.3. The topological polar surface area (TPSA) is 59.5 Å². The number of carbonyl (C=O) groups excluding carboxylic acids is 1. The summed E-state index contributed by atoms with van der Waals surface area (Å²) in [5.41, 5.74) is -0.506. The smallest absolute Gasteiger partial charge is 0.410 e. The molecule has 0 spiro atoms. The van der Waals surface area contributed by atoms with Crippen LogP contribution in [0.5, 0.6) is 0 Å². The summed E-state index contributed by atoms with van der Waals surface area (Å²) in [7, 11) is -1.15. The van der Waals surface area contributed by atoms with Gasteiger partial charge >= 0.3 is 6.09 Å². The number of hydrogen-bond donors (Lipinski definition) is 0. The fourth-order valence-electron chi connectivity index (χ4n) is 2.30. The van der Waals surface area contributed by atoms with E-state index in [9.17, 15) is 9.00 Å². The highest BCUT2D eigenvalue weighted by molar-refractivity contribution is 7.87. The lowest BCUT2D eigenvalue weighted by Crippen LogP contribution is -2.48. The molecule has 0 N–H and O–H groups in total. The molecule has 1 aliphatic heterocycles. The minimum atomic E-state index is -1.15. The van der Waals surface area contributed by atoms with Crippen LogP contribution in [0.15, 0.2) is 15.9 Å². The van der Waals surface area contributed by atoms with E-state index in [1.54, 1.807) is 11.1 Å². The molecule has 1 aromatic heterocycles. The van der Waals surface area contributed by atoms with Crippen LogP contribution in [0.25, 0.3) is 0 Å². The third-order valence-electron chi connectivity index (χ3n) is 3.20. The Morgan fingerprint density at radius 1 is 1.52 bits per heavy atom. The Bertz CT molecular complexity index is 497. The number of hydrogen-bond acceptors (Lipinski definition) is 5. The van der Waals surface area contributed by atoms with Crippen molar-refractivity contribution in [2.75, 3.05) is 12.3 Å². The van der Waals surface area contributed by atoms with Gasteiger partial charge in [0.25, 0.3) is 0 Å². The maximum absolute atomic E-state index is 12.3. The number of ether oxygens (including phenoxy) is 1. The van der Waals surface area contributed by atoms with Gasteiger partial charge in [0.1, 0.15) is 5.60 Å². The molecular formula is C14H22N2O3S2. The molecule has 2 rings (SSSR count). The number of nitrogens with zero attached hydrogens (tertiary/aromatic N) is 2. The fraction of sp³-hybridized carbons (Fsp3) is 0.714. The fourth-order valence-corrected chi connectivity index (χ4v) is 4.48. The van der Waals surface area contributed by atoms with E-state index in [2.05, 4.69) is 4.98 Å². The van der Waals surface area contributed by atoms with Crippen molar-refractivity contribution in [2.45, 2.75) is 56.0 Å². The summed E-state index contributed by atoms with van der Waals surface area (Å²) >= 11 is 1.39. The second-order valence-electron chi connectivity index (χ2n) is 6.13.